The minimum absolute atomic E-state index is 0.0154. The van der Waals surface area contributed by atoms with Gasteiger partial charge in [0.05, 0.1) is 42.8 Å². The average molecular weight is 1210 g/mol. The number of Topliss-reactive ketones (excluding diaryl/α,β-unsaturated/α-hetero) is 3. The highest BCUT2D eigenvalue weighted by molar-refractivity contribution is 5.99. The number of urea groups is 1. The lowest BCUT2D eigenvalue weighted by atomic mass is 9.90. The summed E-state index contributed by atoms with van der Waals surface area (Å²) in [6, 6.07) is 13.6. The van der Waals surface area contributed by atoms with Gasteiger partial charge in [-0.25, -0.2) is 4.79 Å². The molecule has 4 aromatic rings. The largest absolute Gasteiger partial charge is 0.508 e. The molecule has 1 saturated heterocycles. The monoisotopic (exact) mass is 1210 g/mol. The number of nitrogens with one attached hydrogen (secondary N) is 8. The molecule has 0 unspecified atom stereocenters. The van der Waals surface area contributed by atoms with Crippen LogP contribution >= 0.6 is 0 Å². The van der Waals surface area contributed by atoms with E-state index in [4.69, 9.17) is 17.2 Å². The Kier molecular flexibility index (Phi) is 26.8. The van der Waals surface area contributed by atoms with Crippen molar-refractivity contribution in [3.8, 4) is 5.75 Å². The topological polar surface area (TPSA) is 425 Å². The lowest BCUT2D eigenvalue weighted by Crippen LogP contribution is -2.56. The Morgan fingerprint density at radius 1 is 0.713 bits per heavy atom. The summed E-state index contributed by atoms with van der Waals surface area (Å²) in [7, 11) is 1.50. The number of rotatable bonds is 34. The zero-order valence-corrected chi connectivity index (χ0v) is 49.9. The van der Waals surface area contributed by atoms with Crippen LogP contribution in [0.15, 0.2) is 90.1 Å². The number of amides is 8. The molecule has 87 heavy (non-hydrogen) atoms. The van der Waals surface area contributed by atoms with Gasteiger partial charge in [0.15, 0.2) is 23.3 Å². The SMILES string of the molecule is CN=C(N)NCCC[C@H](CC(=O)[C@H](CC(C)C)NC(=O)NCC(=O)[C@H](Cc1ccccc1)NC(=O)[C@@H](CC(=O)[C@H](CCN)NC(=O)[C@@H]1C[C@@H](O)CN1C(=O)[C@@H](Cc1ccc(O)cc1)NC(C)=O)[C@@H](C)O)C(=O)N[C@@H](Cc1c[nH]c2ccccc12)C(N)=O. The Morgan fingerprint density at radius 3 is 2.00 bits per heavy atom. The third-order valence-corrected chi connectivity index (χ3v) is 15.1. The number of benzene rings is 3. The van der Waals surface area contributed by atoms with Crippen molar-refractivity contribution in [1.29, 1.82) is 0 Å². The van der Waals surface area contributed by atoms with Crippen LogP contribution in [0.3, 0.4) is 0 Å². The van der Waals surface area contributed by atoms with Crippen molar-refractivity contribution in [2.24, 2.45) is 39.9 Å². The molecule has 26 nitrogen and oxygen atoms in total. The number of aromatic hydroxyl groups is 1. The molecule has 0 radical (unpaired) electrons. The Labute approximate surface area is 505 Å². The summed E-state index contributed by atoms with van der Waals surface area (Å²) >= 11 is 0. The van der Waals surface area contributed by atoms with Gasteiger partial charge < -0.3 is 79.6 Å². The number of aliphatic hydroxyl groups is 2. The highest BCUT2D eigenvalue weighted by atomic mass is 16.3. The normalized spacial score (nSPS) is 16.9. The highest BCUT2D eigenvalue weighted by Gasteiger charge is 2.43. The van der Waals surface area contributed by atoms with Crippen molar-refractivity contribution >= 4 is 75.7 Å². The molecular formula is C61H85N13O13. The van der Waals surface area contributed by atoms with Crippen LogP contribution in [0.2, 0.25) is 0 Å². The minimum Gasteiger partial charge on any atom is -0.508 e. The van der Waals surface area contributed by atoms with Gasteiger partial charge in [0, 0.05) is 82.2 Å². The number of phenolic OH excluding ortho intramolecular Hbond substituents is 1. The van der Waals surface area contributed by atoms with Crippen molar-refractivity contribution in [3.63, 3.8) is 0 Å². The van der Waals surface area contributed by atoms with E-state index in [9.17, 15) is 63.3 Å². The number of fused-ring (bicyclic) bond motifs is 1. The van der Waals surface area contributed by atoms with E-state index >= 15 is 0 Å². The van der Waals surface area contributed by atoms with E-state index in [0.717, 1.165) is 21.4 Å². The van der Waals surface area contributed by atoms with Crippen molar-refractivity contribution in [3.05, 3.63) is 102 Å². The fraction of sp³-hybridized carbons (Fsp3) is 0.492. The van der Waals surface area contributed by atoms with Crippen LogP contribution in [0.1, 0.15) is 89.3 Å². The first-order valence-electron chi connectivity index (χ1n) is 29.2. The third-order valence-electron chi connectivity index (χ3n) is 15.1. The number of nitrogens with two attached hydrogens (primary N) is 3. The summed E-state index contributed by atoms with van der Waals surface area (Å²) in [4.78, 5) is 146. The van der Waals surface area contributed by atoms with Gasteiger partial charge in [-0.2, -0.15) is 0 Å². The van der Waals surface area contributed by atoms with Gasteiger partial charge >= 0.3 is 6.03 Å². The van der Waals surface area contributed by atoms with Crippen LogP contribution in [0.5, 0.6) is 5.75 Å². The Balaban J connectivity index is 1.26. The number of aromatic amines is 1. The van der Waals surface area contributed by atoms with Crippen molar-refractivity contribution in [2.75, 3.05) is 33.2 Å². The zero-order valence-electron chi connectivity index (χ0n) is 49.9. The number of H-pyrrole nitrogens is 1. The number of likely N-dealkylation sites (tertiary alicyclic amines) is 1. The molecule has 1 aliphatic rings. The molecular weight excluding hydrogens is 1120 g/mol. The molecule has 472 valence electrons. The maximum absolute atomic E-state index is 14.3. The predicted molar refractivity (Wildman–Crippen MR) is 324 cm³/mol. The number of carbonyl (C=O) groups is 10. The maximum Gasteiger partial charge on any atom is 0.315 e. The van der Waals surface area contributed by atoms with Crippen LogP contribution < -0.4 is 54.4 Å². The van der Waals surface area contributed by atoms with Gasteiger partial charge in [-0.3, -0.25) is 48.1 Å². The smallest absolute Gasteiger partial charge is 0.315 e. The number of hydrogen-bond donors (Lipinski definition) is 14. The lowest BCUT2D eigenvalue weighted by Gasteiger charge is -2.30. The first-order valence-corrected chi connectivity index (χ1v) is 29.2. The minimum atomic E-state index is -1.49. The number of carbonyl (C=O) groups excluding carboxylic acids is 10. The fourth-order valence-electron chi connectivity index (χ4n) is 10.4. The molecule has 3 aromatic carbocycles. The van der Waals surface area contributed by atoms with E-state index < -0.39 is 132 Å². The second kappa shape index (κ2) is 33.8. The first-order chi connectivity index (χ1) is 41.4. The summed E-state index contributed by atoms with van der Waals surface area (Å²) in [5.41, 5.74) is 20.3. The van der Waals surface area contributed by atoms with Crippen LogP contribution in [-0.4, -0.2) is 172 Å². The van der Waals surface area contributed by atoms with Crippen molar-refractivity contribution in [2.45, 2.75) is 140 Å². The Bertz CT molecular complexity index is 3040. The van der Waals surface area contributed by atoms with E-state index in [2.05, 4.69) is 47.2 Å². The lowest BCUT2D eigenvalue weighted by molar-refractivity contribution is -0.142. The number of β-amino-alcohol motifs (C(OH)–C–C–N with tert-alkyl or cyclic N) is 1. The van der Waals surface area contributed by atoms with Gasteiger partial charge in [0.2, 0.25) is 35.4 Å². The molecule has 8 amide bonds. The molecule has 26 heteroatoms. The number of aliphatic imine (C=N–C) groups is 1. The van der Waals surface area contributed by atoms with E-state index in [-0.39, 0.29) is 82.1 Å². The first kappa shape index (κ1) is 69.0. The predicted octanol–water partition coefficient (Wildman–Crippen LogP) is -0.215. The van der Waals surface area contributed by atoms with Crippen LogP contribution in [0.4, 0.5) is 4.79 Å². The number of primary amides is 1. The highest BCUT2D eigenvalue weighted by Crippen LogP contribution is 2.24. The van der Waals surface area contributed by atoms with E-state index in [0.29, 0.717) is 24.1 Å². The number of phenols is 1. The molecule has 0 spiro atoms. The van der Waals surface area contributed by atoms with Crippen molar-refractivity contribution in [1.82, 2.24) is 47.1 Å². The molecule has 2 heterocycles. The number of hydrogen-bond acceptors (Lipinski definition) is 15. The summed E-state index contributed by atoms with van der Waals surface area (Å²) < 4.78 is 0. The average Bonchev–Trinajstić information content (AvgIpc) is 2.00. The van der Waals surface area contributed by atoms with Crippen LogP contribution in [0.25, 0.3) is 10.9 Å². The summed E-state index contributed by atoms with van der Waals surface area (Å²) in [5.74, 6) is -8.77. The maximum atomic E-state index is 14.3. The number of ketones is 3. The summed E-state index contributed by atoms with van der Waals surface area (Å²) in [6.07, 6.45) is -1.65. The van der Waals surface area contributed by atoms with Gasteiger partial charge in [-0.05, 0) is 86.4 Å². The quantitative estimate of drug-likeness (QED) is 0.0163. The van der Waals surface area contributed by atoms with Gasteiger partial charge in [0.1, 0.15) is 23.9 Å². The second-order valence-corrected chi connectivity index (χ2v) is 22.5. The molecule has 5 rings (SSSR count). The van der Waals surface area contributed by atoms with E-state index in [1.54, 1.807) is 48.7 Å². The molecule has 0 saturated carbocycles. The van der Waals surface area contributed by atoms with Crippen LogP contribution in [-0.2, 0) is 62.4 Å². The van der Waals surface area contributed by atoms with Gasteiger partial charge in [-0.1, -0.05) is 74.5 Å². The van der Waals surface area contributed by atoms with E-state index in [1.807, 2.05) is 38.1 Å². The molecule has 1 aliphatic heterocycles. The van der Waals surface area contributed by atoms with Gasteiger partial charge in [-0.15, -0.1) is 0 Å². The number of para-hydroxylation sites is 1. The number of guanidine groups is 1. The summed E-state index contributed by atoms with van der Waals surface area (Å²) in [5, 5.41) is 51.0. The fourth-order valence-corrected chi connectivity index (χ4v) is 10.4. The second-order valence-electron chi connectivity index (χ2n) is 22.5. The van der Waals surface area contributed by atoms with Crippen LogP contribution in [0, 0.1) is 17.8 Å². The zero-order chi connectivity index (χ0) is 63.9. The third kappa shape index (κ3) is 21.6. The molecule has 17 N–H and O–H groups in total. The Morgan fingerprint density at radius 2 is 1.36 bits per heavy atom. The standard InChI is InChI=1S/C61H85N13O13/c1-34(2)24-47(52(79)28-39(14-11-23-66-60(64)65-5)56(83)72-49(55(63)82)27-40-31-67-45-16-10-9-15-43(40)45)73-61(87)68-32-54(81)48(25-37-12-7-6-8-13-37)71-57(84)44(35(3)75)30-53(80)46(21-22-62)70-58(85)51-29-42(78)33-74(51)59(86)50(69-36(4)76)26-38-17-19-41(77)20-18-38/h6-10,12-13,15-20,31,34-35,39,42,44,46-51,67,75,77-78H,11,14,21-30,32-33,62H2,1-5H3,(H2,63,82)(H,69,76)(H,70,85)(H,71,84)(H,72,83)(H3,64,65,66)(H2,68,73,87)/t35-,39-,42-,44+,46+,47+,48+,49+,50-,51+/m1/s1. The number of nitrogens with zero attached hydrogens (tertiary/aromatic N) is 2. The molecule has 0 bridgehead atoms. The van der Waals surface area contributed by atoms with Gasteiger partial charge in [0.25, 0.3) is 0 Å². The molecule has 10 atom stereocenters. The number of aromatic nitrogens is 1. The molecule has 1 fully saturated rings. The number of aliphatic hydroxyl groups excluding tert-OH is 2. The van der Waals surface area contributed by atoms with E-state index in [1.165, 1.54) is 33.0 Å². The summed E-state index contributed by atoms with van der Waals surface area (Å²) in [6.45, 7) is 5.38. The Hall–Kier alpha value is -8.75. The molecule has 0 aliphatic carbocycles. The molecule has 1 aromatic heterocycles. The van der Waals surface area contributed by atoms with Crippen molar-refractivity contribution < 1.29 is 63.3 Å².